The number of nitrogens with zero attached hydrogens (tertiary/aromatic N) is 1. The maximum atomic E-state index is 9.44. The Bertz CT molecular complexity index is 77.7. The molecule has 0 aliphatic heterocycles. The third kappa shape index (κ3) is 830. The minimum absolute atomic E-state index is 0. The Morgan fingerprint density at radius 1 is 1.15 bits per heavy atom. The molecule has 13 heavy (non-hydrogen) atoms. The van der Waals surface area contributed by atoms with Crippen LogP contribution in [0.5, 0.6) is 0 Å². The van der Waals surface area contributed by atoms with Crippen LogP contribution < -0.4 is 0 Å². The fourth-order valence-corrected chi connectivity index (χ4v) is 0. The quantitative estimate of drug-likeness (QED) is 0.497. The SMILES string of the molecule is C.C.C.C.CC(C)=O.CC=N[O-].[Y]. The molecule has 4 heteroatoms. The van der Waals surface area contributed by atoms with E-state index in [1.807, 2.05) is 0 Å². The standard InChI is InChI=1S/C3H6O.C2H5NO.4CH4.Y/c1-3(2)4;1-2-3-4;;;;;/h1-2H3;2,4H,1H3;4*1H4;/p-1. The van der Waals surface area contributed by atoms with E-state index >= 15 is 0 Å². The van der Waals surface area contributed by atoms with Crippen LogP contribution in [0, 0.1) is 5.21 Å². The van der Waals surface area contributed by atoms with E-state index in [0.29, 0.717) is 0 Å². The van der Waals surface area contributed by atoms with Crippen molar-refractivity contribution in [3.63, 3.8) is 0 Å². The van der Waals surface area contributed by atoms with Crippen molar-refractivity contribution in [1.29, 1.82) is 0 Å². The molecule has 1 radical (unpaired) electrons. The van der Waals surface area contributed by atoms with Gasteiger partial charge in [0, 0.05) is 32.7 Å². The van der Waals surface area contributed by atoms with Gasteiger partial charge in [0.25, 0.3) is 0 Å². The van der Waals surface area contributed by atoms with Gasteiger partial charge in [0.05, 0.1) is 0 Å². The van der Waals surface area contributed by atoms with Crippen LogP contribution in [0.2, 0.25) is 0 Å². The maximum absolute atomic E-state index is 9.44. The van der Waals surface area contributed by atoms with E-state index < -0.39 is 0 Å². The molecule has 3 nitrogen and oxygen atoms in total. The van der Waals surface area contributed by atoms with Crippen LogP contribution in [0.3, 0.4) is 0 Å². The predicted octanol–water partition coefficient (Wildman–Crippen LogP) is 3.71. The van der Waals surface area contributed by atoms with E-state index in [1.165, 1.54) is 20.1 Å². The number of carbonyl (C=O) groups excluding carboxylic acids is 1. The molecule has 0 N–H and O–H groups in total. The summed E-state index contributed by atoms with van der Waals surface area (Å²) in [5.41, 5.74) is 0. The van der Waals surface area contributed by atoms with Crippen LogP contribution in [0.1, 0.15) is 50.5 Å². The van der Waals surface area contributed by atoms with E-state index in [-0.39, 0.29) is 68.2 Å². The molecular weight excluding hydrogens is 243 g/mol. The van der Waals surface area contributed by atoms with Gasteiger partial charge in [0.2, 0.25) is 0 Å². The van der Waals surface area contributed by atoms with Gasteiger partial charge in [-0.25, -0.2) is 0 Å². The van der Waals surface area contributed by atoms with Gasteiger partial charge in [0.15, 0.2) is 0 Å². The fourth-order valence-electron chi connectivity index (χ4n) is 0. The summed E-state index contributed by atoms with van der Waals surface area (Å²) in [6.07, 6.45) is 1.19. The molecule has 83 valence electrons. The van der Waals surface area contributed by atoms with Crippen molar-refractivity contribution in [3.05, 3.63) is 5.21 Å². The number of carbonyl (C=O) groups is 1. The first-order valence-corrected chi connectivity index (χ1v) is 2.22. The van der Waals surface area contributed by atoms with Crippen molar-refractivity contribution in [2.45, 2.75) is 50.5 Å². The Labute approximate surface area is 110 Å². The number of hydrogen-bond acceptors (Lipinski definition) is 3. The monoisotopic (exact) mass is 269 g/mol. The van der Waals surface area contributed by atoms with Crippen LogP contribution in [-0.4, -0.2) is 12.0 Å². The van der Waals surface area contributed by atoms with Crippen LogP contribution in [0.25, 0.3) is 0 Å². The van der Waals surface area contributed by atoms with Gasteiger partial charge in [-0.15, -0.1) is 0 Å². The third-order valence-corrected chi connectivity index (χ3v) is 0.105. The smallest absolute Gasteiger partial charge is 0.126 e. The maximum Gasteiger partial charge on any atom is 0.126 e. The number of Topliss-reactive ketones (excluding diaryl/α,β-unsaturated/α-hetero) is 1. The first-order valence-electron chi connectivity index (χ1n) is 2.22. The minimum atomic E-state index is 0. The second-order valence-corrected chi connectivity index (χ2v) is 1.27. The number of hydrogen-bond donors (Lipinski definition) is 0. The Hall–Kier alpha value is 0.244. The molecule has 0 amide bonds. The molecule has 0 rings (SSSR count). The summed E-state index contributed by atoms with van der Waals surface area (Å²) < 4.78 is 0. The van der Waals surface area contributed by atoms with E-state index in [2.05, 4.69) is 5.16 Å². The summed E-state index contributed by atoms with van der Waals surface area (Å²) in [6, 6.07) is 0. The molecule has 0 bridgehead atoms. The molecule has 0 spiro atoms. The molecular formula is C9H26NO2Y-. The average molecular weight is 269 g/mol. The van der Waals surface area contributed by atoms with Crippen molar-refractivity contribution >= 4 is 12.0 Å². The van der Waals surface area contributed by atoms with Crippen LogP contribution in [-0.2, 0) is 37.5 Å². The molecule has 0 unspecified atom stereocenters. The zero-order valence-corrected chi connectivity index (χ0v) is 8.76. The summed E-state index contributed by atoms with van der Waals surface area (Å²) in [6.45, 7) is 4.63. The second-order valence-electron chi connectivity index (χ2n) is 1.27. The Balaban J connectivity index is -0.00000000800. The Morgan fingerprint density at radius 2 is 1.23 bits per heavy atom. The fraction of sp³-hybridized carbons (Fsp3) is 0.778. The van der Waals surface area contributed by atoms with Crippen molar-refractivity contribution in [1.82, 2.24) is 0 Å². The zero-order valence-electron chi connectivity index (χ0n) is 5.92. The van der Waals surface area contributed by atoms with Crippen molar-refractivity contribution < 1.29 is 37.5 Å². The van der Waals surface area contributed by atoms with Crippen molar-refractivity contribution in [3.8, 4) is 0 Å². The Kier molecular flexibility index (Phi) is 221. The second kappa shape index (κ2) is 56.3. The summed E-state index contributed by atoms with van der Waals surface area (Å²) >= 11 is 0. The summed E-state index contributed by atoms with van der Waals surface area (Å²) in [7, 11) is 0. The molecule has 0 saturated heterocycles. The first-order chi connectivity index (χ1) is 3.65. The third-order valence-electron chi connectivity index (χ3n) is 0.105. The topological polar surface area (TPSA) is 52.5 Å². The molecule has 0 heterocycles. The van der Waals surface area contributed by atoms with Gasteiger partial charge in [0.1, 0.15) is 5.78 Å². The molecule has 0 aliphatic carbocycles. The van der Waals surface area contributed by atoms with E-state index in [1.54, 1.807) is 6.92 Å². The average Bonchev–Trinajstić information content (AvgIpc) is 1.65. The molecule has 0 atom stereocenters. The predicted molar refractivity (Wildman–Crippen MR) is 60.8 cm³/mol. The van der Waals surface area contributed by atoms with Crippen LogP contribution in [0.4, 0.5) is 0 Å². The molecule has 0 saturated carbocycles. The number of ketones is 1. The molecule has 0 aliphatic rings. The van der Waals surface area contributed by atoms with E-state index in [9.17, 15) is 4.79 Å². The van der Waals surface area contributed by atoms with Crippen molar-refractivity contribution in [2.24, 2.45) is 5.16 Å². The number of rotatable bonds is 0. The molecule has 0 aromatic heterocycles. The van der Waals surface area contributed by atoms with Gasteiger partial charge < -0.3 is 15.2 Å². The first kappa shape index (κ1) is 50.9. The summed E-state index contributed by atoms with van der Waals surface area (Å²) in [4.78, 5) is 9.44. The summed E-state index contributed by atoms with van der Waals surface area (Å²) in [5, 5.41) is 11.2. The largest absolute Gasteiger partial charge is 0.792 e. The normalized spacial score (nSPS) is 4.85. The molecule has 0 aromatic rings. The van der Waals surface area contributed by atoms with Gasteiger partial charge in [-0.3, -0.25) is 0 Å². The van der Waals surface area contributed by atoms with Crippen LogP contribution in [0.15, 0.2) is 5.16 Å². The summed E-state index contributed by atoms with van der Waals surface area (Å²) in [5.74, 6) is 0.167. The van der Waals surface area contributed by atoms with Crippen LogP contribution >= 0.6 is 0 Å². The van der Waals surface area contributed by atoms with Gasteiger partial charge >= 0.3 is 0 Å². The van der Waals surface area contributed by atoms with Gasteiger partial charge in [-0.05, 0) is 27.0 Å². The van der Waals surface area contributed by atoms with Gasteiger partial charge in [-0.1, -0.05) is 29.7 Å². The van der Waals surface area contributed by atoms with Crippen molar-refractivity contribution in [2.75, 3.05) is 0 Å². The molecule has 0 aromatic carbocycles. The van der Waals surface area contributed by atoms with E-state index in [4.69, 9.17) is 5.21 Å². The van der Waals surface area contributed by atoms with Gasteiger partial charge in [-0.2, -0.15) is 0 Å². The Morgan fingerprint density at radius 3 is 1.23 bits per heavy atom. The minimum Gasteiger partial charge on any atom is -0.792 e. The molecule has 0 fully saturated rings. The van der Waals surface area contributed by atoms with E-state index in [0.717, 1.165) is 0 Å². The zero-order chi connectivity index (χ0) is 6.99.